The molecule has 6 nitrogen and oxygen atoms in total. The van der Waals surface area contributed by atoms with Gasteiger partial charge in [-0.15, -0.1) is 11.3 Å². The smallest absolute Gasteiger partial charge is 0.358 e. The van der Waals surface area contributed by atoms with Crippen LogP contribution in [0.1, 0.15) is 62.0 Å². The number of hydrogen-bond acceptors (Lipinski definition) is 6. The monoisotopic (exact) mass is 410 g/mol. The number of nitrogens with zero attached hydrogens (tertiary/aromatic N) is 1. The molecule has 7 heteroatoms. The third kappa shape index (κ3) is 4.19. The fourth-order valence-corrected chi connectivity index (χ4v) is 3.99. The normalized spacial score (nSPS) is 11.9. The third-order valence-electron chi connectivity index (χ3n) is 4.70. The van der Waals surface area contributed by atoms with Crippen LogP contribution in [0.25, 0.3) is 10.6 Å². The Balaban J connectivity index is 1.74. The van der Waals surface area contributed by atoms with Crippen LogP contribution in [0.5, 0.6) is 0 Å². The van der Waals surface area contributed by atoms with Crippen molar-refractivity contribution in [2.45, 2.75) is 40.7 Å². The van der Waals surface area contributed by atoms with Crippen LogP contribution < -0.4 is 0 Å². The van der Waals surface area contributed by atoms with E-state index in [0.29, 0.717) is 21.8 Å². The lowest BCUT2D eigenvalue weighted by atomic mass is 10.0. The number of carbonyl (C=O) groups excluding carboxylic acids is 3. The van der Waals surface area contributed by atoms with E-state index in [4.69, 9.17) is 4.74 Å². The van der Waals surface area contributed by atoms with Crippen LogP contribution in [0.15, 0.2) is 29.6 Å². The van der Waals surface area contributed by atoms with E-state index in [1.54, 1.807) is 19.2 Å². The Hall–Kier alpha value is -3.06. The minimum atomic E-state index is -1.01. The van der Waals surface area contributed by atoms with Gasteiger partial charge in [0, 0.05) is 22.2 Å². The predicted octanol–water partition coefficient (Wildman–Crippen LogP) is 4.69. The second kappa shape index (κ2) is 8.13. The number of hydrogen-bond donors (Lipinski definition) is 1. The number of aromatic amines is 1. The number of ketones is 2. The molecule has 2 aromatic heterocycles. The van der Waals surface area contributed by atoms with Gasteiger partial charge in [0.1, 0.15) is 5.01 Å². The third-order valence-corrected chi connectivity index (χ3v) is 5.59. The van der Waals surface area contributed by atoms with Crippen molar-refractivity contribution in [1.82, 2.24) is 9.97 Å². The van der Waals surface area contributed by atoms with E-state index in [9.17, 15) is 14.4 Å². The van der Waals surface area contributed by atoms with Gasteiger partial charge in [-0.25, -0.2) is 9.78 Å². The lowest BCUT2D eigenvalue weighted by Gasteiger charge is -2.11. The number of carbonyl (C=O) groups is 3. The SMILES string of the molecule is CC(=O)c1c(C)[nH]c(C(=O)[C@H](C)OC(=O)c2csc(-c3ccc(C)cc3)n2)c1C. The molecule has 0 spiro atoms. The predicted molar refractivity (Wildman–Crippen MR) is 112 cm³/mol. The second-order valence-electron chi connectivity index (χ2n) is 7.00. The van der Waals surface area contributed by atoms with Crippen LogP contribution in [-0.4, -0.2) is 33.6 Å². The molecule has 0 fully saturated rings. The van der Waals surface area contributed by atoms with Crippen molar-refractivity contribution in [1.29, 1.82) is 0 Å². The zero-order valence-electron chi connectivity index (χ0n) is 17.0. The van der Waals surface area contributed by atoms with E-state index >= 15 is 0 Å². The van der Waals surface area contributed by atoms with E-state index in [-0.39, 0.29) is 23.0 Å². The maximum atomic E-state index is 12.7. The molecule has 1 atom stereocenters. The van der Waals surface area contributed by atoms with Gasteiger partial charge < -0.3 is 9.72 Å². The quantitative estimate of drug-likeness (QED) is 0.470. The van der Waals surface area contributed by atoms with Crippen molar-refractivity contribution in [2.24, 2.45) is 0 Å². The molecule has 0 unspecified atom stereocenters. The largest absolute Gasteiger partial charge is 0.449 e. The summed E-state index contributed by atoms with van der Waals surface area (Å²) >= 11 is 1.34. The lowest BCUT2D eigenvalue weighted by Crippen LogP contribution is -2.25. The molecule has 0 aliphatic heterocycles. The molecule has 0 bridgehead atoms. The van der Waals surface area contributed by atoms with Gasteiger partial charge in [0.25, 0.3) is 0 Å². The number of aryl methyl sites for hydroxylation is 2. The van der Waals surface area contributed by atoms with Crippen LogP contribution in [-0.2, 0) is 4.74 Å². The first kappa shape index (κ1) is 20.7. The minimum Gasteiger partial charge on any atom is -0.449 e. The number of aromatic nitrogens is 2. The van der Waals surface area contributed by atoms with Gasteiger partial charge in [-0.2, -0.15) is 0 Å². The lowest BCUT2D eigenvalue weighted by molar-refractivity contribution is 0.0312. The molecule has 0 radical (unpaired) electrons. The maximum absolute atomic E-state index is 12.7. The fourth-order valence-electron chi connectivity index (χ4n) is 3.20. The summed E-state index contributed by atoms with van der Waals surface area (Å²) in [6.07, 6.45) is -1.01. The standard InChI is InChI=1S/C22H22N2O4S/c1-11-6-8-16(9-7-11)21-24-17(10-29-21)22(27)28-15(5)20(26)19-12(2)18(14(4)25)13(3)23-19/h6-10,15,23H,1-5H3/t15-/m0/s1. The van der Waals surface area contributed by atoms with E-state index < -0.39 is 12.1 Å². The summed E-state index contributed by atoms with van der Waals surface area (Å²) in [5, 5.41) is 2.32. The Labute approximate surface area is 172 Å². The Kier molecular flexibility index (Phi) is 5.79. The summed E-state index contributed by atoms with van der Waals surface area (Å²) in [6.45, 7) is 8.40. The molecule has 3 aromatic rings. The minimum absolute atomic E-state index is 0.119. The highest BCUT2D eigenvalue weighted by Crippen LogP contribution is 2.25. The van der Waals surface area contributed by atoms with Crippen molar-refractivity contribution in [3.05, 3.63) is 63.4 Å². The zero-order chi connectivity index (χ0) is 21.3. The van der Waals surface area contributed by atoms with Gasteiger partial charge in [-0.3, -0.25) is 9.59 Å². The first-order chi connectivity index (χ1) is 13.7. The average molecular weight is 410 g/mol. The van der Waals surface area contributed by atoms with Crippen LogP contribution in [0, 0.1) is 20.8 Å². The number of Topliss-reactive ketones (excluding diaryl/α,β-unsaturated/α-hetero) is 2. The molecule has 3 rings (SSSR count). The van der Waals surface area contributed by atoms with Crippen LogP contribution in [0.4, 0.5) is 0 Å². The molecule has 0 aliphatic rings. The van der Waals surface area contributed by atoms with Crippen molar-refractivity contribution in [2.75, 3.05) is 0 Å². The molecule has 2 heterocycles. The van der Waals surface area contributed by atoms with E-state index in [2.05, 4.69) is 9.97 Å². The fraction of sp³-hybridized carbons (Fsp3) is 0.273. The molecule has 0 saturated carbocycles. The first-order valence-corrected chi connectivity index (χ1v) is 10.0. The highest BCUT2D eigenvalue weighted by atomic mass is 32.1. The number of thiazole rings is 1. The number of benzene rings is 1. The number of ether oxygens (including phenoxy) is 1. The molecule has 0 saturated heterocycles. The van der Waals surface area contributed by atoms with E-state index in [1.807, 2.05) is 31.2 Å². The second-order valence-corrected chi connectivity index (χ2v) is 7.86. The van der Waals surface area contributed by atoms with Gasteiger partial charge in [0.15, 0.2) is 17.6 Å². The number of rotatable bonds is 6. The molecule has 29 heavy (non-hydrogen) atoms. The summed E-state index contributed by atoms with van der Waals surface area (Å²) in [5.74, 6) is -1.17. The first-order valence-electron chi connectivity index (χ1n) is 9.17. The number of H-pyrrole nitrogens is 1. The van der Waals surface area contributed by atoms with Crippen molar-refractivity contribution in [3.8, 4) is 10.6 Å². The summed E-state index contributed by atoms with van der Waals surface area (Å²) in [4.78, 5) is 44.2. The van der Waals surface area contributed by atoms with Gasteiger partial charge in [-0.05, 0) is 40.2 Å². The molecule has 1 N–H and O–H groups in total. The molecule has 1 aromatic carbocycles. The van der Waals surface area contributed by atoms with Crippen molar-refractivity contribution >= 4 is 28.9 Å². The number of nitrogens with one attached hydrogen (secondary N) is 1. The van der Waals surface area contributed by atoms with Crippen LogP contribution in [0.2, 0.25) is 0 Å². The van der Waals surface area contributed by atoms with Gasteiger partial charge in [-0.1, -0.05) is 29.8 Å². The van der Waals surface area contributed by atoms with Gasteiger partial charge in [0.05, 0.1) is 5.69 Å². The molecule has 0 aliphatic carbocycles. The van der Waals surface area contributed by atoms with Crippen molar-refractivity contribution < 1.29 is 19.1 Å². The average Bonchev–Trinajstić information content (AvgIpc) is 3.26. The van der Waals surface area contributed by atoms with Gasteiger partial charge in [0.2, 0.25) is 5.78 Å². The number of esters is 1. The highest BCUT2D eigenvalue weighted by molar-refractivity contribution is 7.13. The summed E-state index contributed by atoms with van der Waals surface area (Å²) in [5.41, 5.74) is 4.19. The molecular weight excluding hydrogens is 388 g/mol. The van der Waals surface area contributed by atoms with Crippen LogP contribution >= 0.6 is 11.3 Å². The topological polar surface area (TPSA) is 89.1 Å². The van der Waals surface area contributed by atoms with Crippen LogP contribution in [0.3, 0.4) is 0 Å². The molecular formula is C22H22N2O4S. The van der Waals surface area contributed by atoms with Gasteiger partial charge >= 0.3 is 5.97 Å². The van der Waals surface area contributed by atoms with E-state index in [1.165, 1.54) is 25.2 Å². The Morgan fingerprint density at radius 2 is 1.76 bits per heavy atom. The summed E-state index contributed by atoms with van der Waals surface area (Å²) < 4.78 is 5.34. The van der Waals surface area contributed by atoms with Crippen molar-refractivity contribution in [3.63, 3.8) is 0 Å². The molecule has 0 amide bonds. The zero-order valence-corrected chi connectivity index (χ0v) is 17.8. The highest BCUT2D eigenvalue weighted by Gasteiger charge is 2.27. The molecule has 150 valence electrons. The Morgan fingerprint density at radius 3 is 2.34 bits per heavy atom. The Morgan fingerprint density at radius 1 is 1.10 bits per heavy atom. The summed E-state index contributed by atoms with van der Waals surface area (Å²) in [6, 6.07) is 7.84. The summed E-state index contributed by atoms with van der Waals surface area (Å²) in [7, 11) is 0. The van der Waals surface area contributed by atoms with E-state index in [0.717, 1.165) is 11.1 Å². The maximum Gasteiger partial charge on any atom is 0.358 e. The Bertz CT molecular complexity index is 1090.